The largest absolute Gasteiger partial charge is 0.310 e. The molecule has 0 unspecified atom stereocenters. The summed E-state index contributed by atoms with van der Waals surface area (Å²) in [7, 11) is 0. The highest BCUT2D eigenvalue weighted by Crippen LogP contribution is 1.95. The number of pyridine rings is 2. The Morgan fingerprint density at radius 1 is 1.14 bits per heavy atom. The molecule has 0 spiro atoms. The minimum atomic E-state index is -0.00171. The molecule has 0 radical (unpaired) electrons. The van der Waals surface area contributed by atoms with Gasteiger partial charge in [-0.1, -0.05) is 12.1 Å². The lowest BCUT2D eigenvalue weighted by atomic mass is 10.3. The van der Waals surface area contributed by atoms with E-state index in [1.165, 1.54) is 0 Å². The highest BCUT2D eigenvalue weighted by molar-refractivity contribution is 5.05. The van der Waals surface area contributed by atoms with Gasteiger partial charge in [-0.15, -0.1) is 0 Å². The van der Waals surface area contributed by atoms with Gasteiger partial charge in [0.05, 0.1) is 12.2 Å². The smallest absolute Gasteiger partial charge is 0.250 e. The number of aromatic nitrogens is 2. The molecule has 2 heterocycles. The minimum absolute atomic E-state index is 0.00171. The molecule has 0 saturated heterocycles. The minimum Gasteiger partial charge on any atom is -0.310 e. The van der Waals surface area contributed by atoms with Crippen molar-refractivity contribution in [3.8, 4) is 0 Å². The average molecular weight is 186 g/mol. The Bertz CT molecular complexity index is 462. The second-order valence-corrected chi connectivity index (χ2v) is 2.99. The zero-order valence-electron chi connectivity index (χ0n) is 7.63. The third-order valence-corrected chi connectivity index (χ3v) is 1.96. The second kappa shape index (κ2) is 3.87. The van der Waals surface area contributed by atoms with Gasteiger partial charge in [-0.25, -0.2) is 0 Å². The van der Waals surface area contributed by atoms with Crippen LogP contribution in [-0.4, -0.2) is 9.55 Å². The summed E-state index contributed by atoms with van der Waals surface area (Å²) in [5, 5.41) is 0. The summed E-state index contributed by atoms with van der Waals surface area (Å²) in [6, 6.07) is 10.8. The van der Waals surface area contributed by atoms with Gasteiger partial charge in [0.2, 0.25) is 0 Å². The number of rotatable bonds is 2. The van der Waals surface area contributed by atoms with E-state index in [1.807, 2.05) is 24.3 Å². The Morgan fingerprint density at radius 3 is 2.71 bits per heavy atom. The van der Waals surface area contributed by atoms with Gasteiger partial charge in [-0.3, -0.25) is 9.78 Å². The van der Waals surface area contributed by atoms with Crippen LogP contribution in [0.5, 0.6) is 0 Å². The van der Waals surface area contributed by atoms with Crippen LogP contribution in [0.2, 0.25) is 0 Å². The first-order chi connectivity index (χ1) is 6.86. The first-order valence-corrected chi connectivity index (χ1v) is 4.41. The van der Waals surface area contributed by atoms with Crippen LogP contribution in [0, 0.1) is 0 Å². The molecule has 70 valence electrons. The van der Waals surface area contributed by atoms with E-state index in [-0.39, 0.29) is 5.56 Å². The number of hydrogen-bond donors (Lipinski definition) is 0. The molecule has 0 amide bonds. The van der Waals surface area contributed by atoms with Crippen LogP contribution < -0.4 is 5.56 Å². The molecule has 0 fully saturated rings. The average Bonchev–Trinajstić information content (AvgIpc) is 2.23. The van der Waals surface area contributed by atoms with Crippen LogP contribution in [0.25, 0.3) is 0 Å². The van der Waals surface area contributed by atoms with Gasteiger partial charge in [0, 0.05) is 18.5 Å². The van der Waals surface area contributed by atoms with Gasteiger partial charge in [-0.2, -0.15) is 0 Å². The van der Waals surface area contributed by atoms with Crippen molar-refractivity contribution >= 4 is 0 Å². The second-order valence-electron chi connectivity index (χ2n) is 2.99. The molecule has 3 nitrogen and oxygen atoms in total. The first-order valence-electron chi connectivity index (χ1n) is 4.41. The Kier molecular flexibility index (Phi) is 2.40. The van der Waals surface area contributed by atoms with Crippen LogP contribution in [0.3, 0.4) is 0 Å². The summed E-state index contributed by atoms with van der Waals surface area (Å²) in [5.74, 6) is 0. The quantitative estimate of drug-likeness (QED) is 0.708. The maximum Gasteiger partial charge on any atom is 0.250 e. The summed E-state index contributed by atoms with van der Waals surface area (Å²) in [6.07, 6.45) is 3.49. The molecule has 0 atom stereocenters. The third-order valence-electron chi connectivity index (χ3n) is 1.96. The molecule has 0 bridgehead atoms. The Labute approximate surface area is 81.7 Å². The number of nitrogens with zero attached hydrogens (tertiary/aromatic N) is 2. The first kappa shape index (κ1) is 8.69. The summed E-state index contributed by atoms with van der Waals surface area (Å²) in [6.45, 7) is 0.528. The van der Waals surface area contributed by atoms with E-state index in [9.17, 15) is 4.79 Å². The van der Waals surface area contributed by atoms with Gasteiger partial charge < -0.3 is 4.57 Å². The van der Waals surface area contributed by atoms with Crippen molar-refractivity contribution in [3.63, 3.8) is 0 Å². The van der Waals surface area contributed by atoms with Crippen LogP contribution in [0.1, 0.15) is 5.69 Å². The molecule has 2 rings (SSSR count). The fourth-order valence-corrected chi connectivity index (χ4v) is 1.26. The predicted octanol–water partition coefficient (Wildman–Crippen LogP) is 1.29. The lowest BCUT2D eigenvalue weighted by molar-refractivity contribution is 0.739. The molecule has 0 aliphatic carbocycles. The summed E-state index contributed by atoms with van der Waals surface area (Å²) in [4.78, 5) is 15.5. The molecular formula is C11H10N2O. The van der Waals surface area contributed by atoms with Crippen LogP contribution >= 0.6 is 0 Å². The van der Waals surface area contributed by atoms with Crippen LogP contribution in [0.15, 0.2) is 53.6 Å². The monoisotopic (exact) mass is 186 g/mol. The van der Waals surface area contributed by atoms with Crippen molar-refractivity contribution in [3.05, 3.63) is 64.8 Å². The van der Waals surface area contributed by atoms with Crippen LogP contribution in [0.4, 0.5) is 0 Å². The molecular weight excluding hydrogens is 176 g/mol. The molecule has 0 aliphatic heterocycles. The zero-order valence-corrected chi connectivity index (χ0v) is 7.63. The highest BCUT2D eigenvalue weighted by Gasteiger charge is 1.95. The van der Waals surface area contributed by atoms with E-state index >= 15 is 0 Å². The van der Waals surface area contributed by atoms with Crippen molar-refractivity contribution in [2.24, 2.45) is 0 Å². The summed E-state index contributed by atoms with van der Waals surface area (Å²) < 4.78 is 1.63. The van der Waals surface area contributed by atoms with Gasteiger partial charge in [0.1, 0.15) is 0 Å². The van der Waals surface area contributed by atoms with Crippen molar-refractivity contribution in [2.45, 2.75) is 6.54 Å². The highest BCUT2D eigenvalue weighted by atomic mass is 16.1. The number of hydrogen-bond acceptors (Lipinski definition) is 2. The molecule has 2 aromatic rings. The van der Waals surface area contributed by atoms with Crippen molar-refractivity contribution in [1.82, 2.24) is 9.55 Å². The van der Waals surface area contributed by atoms with E-state index in [2.05, 4.69) is 4.98 Å². The molecule has 0 aromatic carbocycles. The normalized spacial score (nSPS) is 10.0. The van der Waals surface area contributed by atoms with E-state index in [0.29, 0.717) is 6.54 Å². The Hall–Kier alpha value is -1.90. The van der Waals surface area contributed by atoms with Gasteiger partial charge in [-0.05, 0) is 18.2 Å². The predicted molar refractivity (Wildman–Crippen MR) is 54.0 cm³/mol. The summed E-state index contributed by atoms with van der Waals surface area (Å²) >= 11 is 0. The van der Waals surface area contributed by atoms with E-state index in [1.54, 1.807) is 29.1 Å². The van der Waals surface area contributed by atoms with Gasteiger partial charge >= 0.3 is 0 Å². The molecule has 0 aliphatic rings. The van der Waals surface area contributed by atoms with Crippen LogP contribution in [-0.2, 0) is 6.54 Å². The molecule has 2 aromatic heterocycles. The molecule has 3 heteroatoms. The molecule has 0 N–H and O–H groups in total. The van der Waals surface area contributed by atoms with Crippen molar-refractivity contribution in [1.29, 1.82) is 0 Å². The maximum atomic E-state index is 11.4. The fourth-order valence-electron chi connectivity index (χ4n) is 1.26. The topological polar surface area (TPSA) is 34.9 Å². The van der Waals surface area contributed by atoms with Gasteiger partial charge in [0.15, 0.2) is 0 Å². The SMILES string of the molecule is O=c1ccccn1Cc1ccccn1. The maximum absolute atomic E-state index is 11.4. The molecule has 0 saturated carbocycles. The Morgan fingerprint density at radius 2 is 2.00 bits per heavy atom. The van der Waals surface area contributed by atoms with E-state index in [4.69, 9.17) is 0 Å². The van der Waals surface area contributed by atoms with E-state index < -0.39 is 0 Å². The fraction of sp³-hybridized carbons (Fsp3) is 0.0909. The van der Waals surface area contributed by atoms with Crippen molar-refractivity contribution < 1.29 is 0 Å². The Balaban J connectivity index is 2.28. The lowest BCUT2D eigenvalue weighted by Crippen LogP contribution is -2.18. The van der Waals surface area contributed by atoms with Gasteiger partial charge in [0.25, 0.3) is 5.56 Å². The zero-order chi connectivity index (χ0) is 9.80. The molecule has 14 heavy (non-hydrogen) atoms. The summed E-state index contributed by atoms with van der Waals surface area (Å²) in [5.41, 5.74) is 0.888. The lowest BCUT2D eigenvalue weighted by Gasteiger charge is -2.03. The van der Waals surface area contributed by atoms with E-state index in [0.717, 1.165) is 5.69 Å². The van der Waals surface area contributed by atoms with Crippen molar-refractivity contribution in [2.75, 3.05) is 0 Å². The third kappa shape index (κ3) is 1.88. The standard InChI is InChI=1S/C11H10N2O/c14-11-6-2-4-8-13(11)9-10-5-1-3-7-12-10/h1-8H,9H2.